The van der Waals surface area contributed by atoms with Gasteiger partial charge in [-0.15, -0.1) is 5.11 Å². The molecule has 0 atom stereocenters. The van der Waals surface area contributed by atoms with Crippen LogP contribution in [0.4, 0.5) is 45.2 Å². The van der Waals surface area contributed by atoms with Gasteiger partial charge in [0.15, 0.2) is 0 Å². The van der Waals surface area contributed by atoms with E-state index in [0.29, 0.717) is 0 Å². The summed E-state index contributed by atoms with van der Waals surface area (Å²) in [6, 6.07) is 3.87. The highest BCUT2D eigenvalue weighted by Crippen LogP contribution is 2.69. The third-order valence-electron chi connectivity index (χ3n) is 3.48. The third-order valence-corrected chi connectivity index (χ3v) is 3.48. The Balaban J connectivity index is 2.64. The summed E-state index contributed by atoms with van der Waals surface area (Å²) in [6.45, 7) is 0. The second kappa shape index (κ2) is 5.08. The molecule has 0 spiro atoms. The average molecular weight is 379 g/mol. The van der Waals surface area contributed by atoms with Crippen LogP contribution < -0.4 is 5.73 Å². The number of benzene rings is 1. The molecule has 0 unspecified atom stereocenters. The summed E-state index contributed by atoms with van der Waals surface area (Å²) in [6.07, 6.45) is 0. The fourth-order valence-electron chi connectivity index (χ4n) is 2.03. The minimum atomic E-state index is -6.75. The highest BCUT2D eigenvalue weighted by atomic mass is 19.4. The van der Waals surface area contributed by atoms with Gasteiger partial charge in [0.25, 0.3) is 5.91 Å². The first-order valence-electron chi connectivity index (χ1n) is 6.17. The predicted octanol–water partition coefficient (Wildman–Crippen LogP) is 4.09. The summed E-state index contributed by atoms with van der Waals surface area (Å²) in [5.41, 5.74) is 3.36. The first kappa shape index (κ1) is 19.0. The first-order chi connectivity index (χ1) is 11.1. The number of nitrogens with two attached hydrogens (primary N) is 1. The Morgan fingerprint density at radius 2 is 1.24 bits per heavy atom. The fourth-order valence-corrected chi connectivity index (χ4v) is 2.03. The lowest BCUT2D eigenvalue weighted by Crippen LogP contribution is -2.53. The van der Waals surface area contributed by atoms with E-state index in [-0.39, 0.29) is 0 Å². The van der Waals surface area contributed by atoms with Crippen molar-refractivity contribution in [3.8, 4) is 0 Å². The van der Waals surface area contributed by atoms with E-state index < -0.39 is 46.6 Å². The maximum absolute atomic E-state index is 14.0. The lowest BCUT2D eigenvalue weighted by molar-refractivity contribution is -0.303. The zero-order chi connectivity index (χ0) is 19.5. The number of primary amides is 1. The largest absolute Gasteiger partial charge is 0.384 e. The van der Waals surface area contributed by atoms with Gasteiger partial charge in [0, 0.05) is 0 Å². The van der Waals surface area contributed by atoms with Gasteiger partial charge in [-0.25, -0.2) is 4.39 Å². The molecule has 2 rings (SSSR count). The van der Waals surface area contributed by atoms with Gasteiger partial charge in [-0.05, 0) is 12.1 Å². The van der Waals surface area contributed by atoms with Crippen LogP contribution in [0.2, 0.25) is 0 Å². The number of hydrogen-bond acceptors (Lipinski definition) is 3. The minimum Gasteiger partial charge on any atom is -0.366 e. The van der Waals surface area contributed by atoms with Gasteiger partial charge >= 0.3 is 29.5 Å². The molecule has 0 bridgehead atoms. The standard InChI is InChI=1S/C12H6F9N3O/c13-8(14)9(15,16)11(19,20)12(21,10(8,17)18)24-23-6-4-2-1-3-5(6)7(22)25/h1-4H,(H2,22,25). The second-order valence-corrected chi connectivity index (χ2v) is 5.00. The number of rotatable bonds is 3. The van der Waals surface area contributed by atoms with Crippen LogP contribution in [0, 0.1) is 0 Å². The Kier molecular flexibility index (Phi) is 3.86. The Bertz CT molecular complexity index is 721. The number of amides is 1. The summed E-state index contributed by atoms with van der Waals surface area (Å²) in [5.74, 6) is -34.0. The Labute approximate surface area is 132 Å². The zero-order valence-corrected chi connectivity index (χ0v) is 11.6. The number of alkyl halides is 9. The molecule has 1 fully saturated rings. The molecule has 0 radical (unpaired) electrons. The van der Waals surface area contributed by atoms with E-state index in [0.717, 1.165) is 24.3 Å². The average Bonchev–Trinajstić information content (AvgIpc) is 2.55. The highest BCUT2D eigenvalue weighted by Gasteiger charge is 3.01. The van der Waals surface area contributed by atoms with E-state index >= 15 is 0 Å². The van der Waals surface area contributed by atoms with Crippen LogP contribution in [0.5, 0.6) is 0 Å². The Morgan fingerprint density at radius 3 is 1.68 bits per heavy atom. The van der Waals surface area contributed by atoms with Crippen LogP contribution in [-0.2, 0) is 0 Å². The SMILES string of the molecule is NC(=O)c1ccccc1N=NC1(F)C(F)(F)C(F)(F)C(F)(F)C1(F)F. The van der Waals surface area contributed by atoms with E-state index in [1.165, 1.54) is 0 Å². The van der Waals surface area contributed by atoms with E-state index in [9.17, 15) is 44.3 Å². The topological polar surface area (TPSA) is 67.8 Å². The van der Waals surface area contributed by atoms with Gasteiger partial charge in [0.2, 0.25) is 0 Å². The normalized spacial score (nSPS) is 25.2. The van der Waals surface area contributed by atoms with Gasteiger partial charge in [-0.3, -0.25) is 4.79 Å². The molecule has 0 saturated heterocycles. The molecular weight excluding hydrogens is 373 g/mol. The monoisotopic (exact) mass is 379 g/mol. The summed E-state index contributed by atoms with van der Waals surface area (Å²) < 4.78 is 120. The van der Waals surface area contributed by atoms with Crippen molar-refractivity contribution in [1.82, 2.24) is 0 Å². The predicted molar refractivity (Wildman–Crippen MR) is 63.1 cm³/mol. The van der Waals surface area contributed by atoms with E-state index in [4.69, 9.17) is 5.73 Å². The second-order valence-electron chi connectivity index (χ2n) is 5.00. The third kappa shape index (κ3) is 2.07. The molecule has 13 heteroatoms. The van der Waals surface area contributed by atoms with Crippen molar-refractivity contribution in [3.63, 3.8) is 0 Å². The molecule has 1 aliphatic carbocycles. The molecule has 138 valence electrons. The van der Waals surface area contributed by atoms with Crippen LogP contribution in [0.3, 0.4) is 0 Å². The van der Waals surface area contributed by atoms with Crippen molar-refractivity contribution < 1.29 is 44.3 Å². The van der Waals surface area contributed by atoms with Crippen LogP contribution >= 0.6 is 0 Å². The molecule has 4 nitrogen and oxygen atoms in total. The van der Waals surface area contributed by atoms with Crippen molar-refractivity contribution in [2.45, 2.75) is 29.5 Å². The molecule has 2 N–H and O–H groups in total. The van der Waals surface area contributed by atoms with Crippen molar-refractivity contribution in [1.29, 1.82) is 0 Å². The van der Waals surface area contributed by atoms with Crippen LogP contribution in [0.1, 0.15) is 10.4 Å². The molecular formula is C12H6F9N3O. The molecule has 0 aromatic heterocycles. The van der Waals surface area contributed by atoms with E-state index in [2.05, 4.69) is 5.11 Å². The van der Waals surface area contributed by atoms with Crippen molar-refractivity contribution in [2.24, 2.45) is 16.0 Å². The molecule has 1 aromatic rings. The maximum atomic E-state index is 14.0. The lowest BCUT2D eigenvalue weighted by Gasteiger charge is -2.25. The van der Waals surface area contributed by atoms with Gasteiger partial charge in [-0.1, -0.05) is 12.1 Å². The molecule has 1 saturated carbocycles. The van der Waals surface area contributed by atoms with Gasteiger partial charge in [0.05, 0.1) is 11.3 Å². The van der Waals surface area contributed by atoms with Crippen molar-refractivity contribution >= 4 is 11.6 Å². The first-order valence-corrected chi connectivity index (χ1v) is 6.17. The summed E-state index contributed by atoms with van der Waals surface area (Å²) >= 11 is 0. The van der Waals surface area contributed by atoms with E-state index in [1.807, 2.05) is 0 Å². The number of carbonyl (C=O) groups is 1. The lowest BCUT2D eigenvalue weighted by atomic mass is 10.1. The molecule has 1 aromatic carbocycles. The molecule has 1 aliphatic rings. The van der Waals surface area contributed by atoms with Crippen LogP contribution in [0.25, 0.3) is 0 Å². The molecule has 0 aliphatic heterocycles. The number of nitrogens with zero attached hydrogens (tertiary/aromatic N) is 2. The highest BCUT2D eigenvalue weighted by molar-refractivity contribution is 5.97. The summed E-state index contributed by atoms with van der Waals surface area (Å²) in [4.78, 5) is 11.0. The zero-order valence-electron chi connectivity index (χ0n) is 11.6. The quantitative estimate of drug-likeness (QED) is 0.480. The Morgan fingerprint density at radius 1 is 0.800 bits per heavy atom. The minimum absolute atomic E-state index is 0.627. The fraction of sp³-hybridized carbons (Fsp3) is 0.417. The number of carbonyl (C=O) groups excluding carboxylic acids is 1. The number of azo groups is 1. The number of hydrogen-bond donors (Lipinski definition) is 1. The summed E-state index contributed by atoms with van der Waals surface area (Å²) in [5, 5.41) is 4.28. The van der Waals surface area contributed by atoms with E-state index in [1.54, 1.807) is 5.11 Å². The Hall–Kier alpha value is -2.34. The van der Waals surface area contributed by atoms with Gasteiger partial charge in [-0.2, -0.15) is 40.2 Å². The molecule has 1 amide bonds. The van der Waals surface area contributed by atoms with Gasteiger partial charge in [0.1, 0.15) is 0 Å². The van der Waals surface area contributed by atoms with Crippen LogP contribution in [0.15, 0.2) is 34.5 Å². The summed E-state index contributed by atoms with van der Waals surface area (Å²) in [7, 11) is 0. The maximum Gasteiger partial charge on any atom is 0.384 e. The smallest absolute Gasteiger partial charge is 0.366 e. The van der Waals surface area contributed by atoms with Crippen molar-refractivity contribution in [2.75, 3.05) is 0 Å². The van der Waals surface area contributed by atoms with Gasteiger partial charge < -0.3 is 5.73 Å². The van der Waals surface area contributed by atoms with Crippen LogP contribution in [-0.4, -0.2) is 35.4 Å². The molecule has 25 heavy (non-hydrogen) atoms. The molecule has 0 heterocycles. The number of halogens is 9. The van der Waals surface area contributed by atoms with Crippen molar-refractivity contribution in [3.05, 3.63) is 29.8 Å².